The maximum atomic E-state index is 12.8. The molecular weight excluding hydrogens is 398 g/mol. The number of nitrogens with zero attached hydrogens (tertiary/aromatic N) is 1. The second-order valence-electron chi connectivity index (χ2n) is 10.3. The molecule has 0 spiro atoms. The summed E-state index contributed by atoms with van der Waals surface area (Å²) in [4.78, 5) is 26.0. The van der Waals surface area contributed by atoms with Crippen LogP contribution in [0.25, 0.3) is 0 Å². The van der Waals surface area contributed by atoms with Crippen molar-refractivity contribution in [3.05, 3.63) is 0 Å². The summed E-state index contributed by atoms with van der Waals surface area (Å²) in [5, 5.41) is 0. The van der Waals surface area contributed by atoms with Crippen LogP contribution in [0.4, 0.5) is 4.79 Å². The molecule has 0 bridgehead atoms. The SMILES string of the molecule is CCCCCCCCCCC(C)(CCCCCCCCCC)OC(=O)N1CCC(=O)CC1. The molecule has 1 fully saturated rings. The minimum atomic E-state index is -0.372. The van der Waals surface area contributed by atoms with Crippen LogP contribution in [-0.2, 0) is 9.53 Å². The van der Waals surface area contributed by atoms with E-state index in [1.807, 2.05) is 0 Å². The predicted molar refractivity (Wildman–Crippen MR) is 135 cm³/mol. The van der Waals surface area contributed by atoms with E-state index in [0.717, 1.165) is 25.7 Å². The summed E-state index contributed by atoms with van der Waals surface area (Å²) in [6, 6.07) is 0. The number of likely N-dealkylation sites (tertiary alicyclic amines) is 1. The Balaban J connectivity index is 2.38. The van der Waals surface area contributed by atoms with Crippen molar-refractivity contribution in [1.29, 1.82) is 0 Å². The molecule has 0 aromatic heterocycles. The van der Waals surface area contributed by atoms with Crippen molar-refractivity contribution in [2.45, 2.75) is 155 Å². The number of ketones is 1. The minimum absolute atomic E-state index is 0.209. The molecule has 32 heavy (non-hydrogen) atoms. The predicted octanol–water partition coefficient (Wildman–Crippen LogP) is 8.61. The number of amides is 1. The quantitative estimate of drug-likeness (QED) is 0.185. The average molecular weight is 452 g/mol. The van der Waals surface area contributed by atoms with Crippen molar-refractivity contribution in [3.8, 4) is 0 Å². The van der Waals surface area contributed by atoms with Gasteiger partial charge >= 0.3 is 6.09 Å². The van der Waals surface area contributed by atoms with Crippen molar-refractivity contribution in [3.63, 3.8) is 0 Å². The molecule has 4 nitrogen and oxygen atoms in total. The van der Waals surface area contributed by atoms with Crippen LogP contribution >= 0.6 is 0 Å². The molecule has 0 unspecified atom stereocenters. The first kappa shape index (κ1) is 29.0. The number of rotatable bonds is 19. The Labute approximate surface area is 199 Å². The van der Waals surface area contributed by atoms with E-state index in [1.54, 1.807) is 4.90 Å². The van der Waals surface area contributed by atoms with Gasteiger partial charge in [0.25, 0.3) is 0 Å². The second-order valence-corrected chi connectivity index (χ2v) is 10.3. The highest BCUT2D eigenvalue weighted by Crippen LogP contribution is 2.28. The van der Waals surface area contributed by atoms with Crippen LogP contribution in [-0.4, -0.2) is 35.5 Å². The molecule has 0 radical (unpaired) electrons. The fourth-order valence-corrected chi connectivity index (χ4v) is 4.71. The number of carbonyl (C=O) groups is 2. The Morgan fingerprint density at radius 1 is 0.719 bits per heavy atom. The summed E-state index contributed by atoms with van der Waals surface area (Å²) in [6.07, 6.45) is 23.4. The highest BCUT2D eigenvalue weighted by molar-refractivity contribution is 5.81. The standard InChI is InChI=1S/C28H53NO3/c1-4-6-8-10-12-14-16-18-22-28(3,23-19-17-15-13-11-9-7-5-2)32-27(31)29-24-20-26(30)21-25-29/h4-25H2,1-3H3. The molecule has 0 aromatic rings. The van der Waals surface area contributed by atoms with E-state index < -0.39 is 0 Å². The molecule has 1 heterocycles. The zero-order valence-electron chi connectivity index (χ0n) is 21.7. The first-order chi connectivity index (χ1) is 15.5. The van der Waals surface area contributed by atoms with Crippen molar-refractivity contribution in [1.82, 2.24) is 4.90 Å². The van der Waals surface area contributed by atoms with Gasteiger partial charge in [-0.25, -0.2) is 4.79 Å². The maximum Gasteiger partial charge on any atom is 0.410 e. The summed E-state index contributed by atoms with van der Waals surface area (Å²) in [7, 11) is 0. The van der Waals surface area contributed by atoms with E-state index in [1.165, 1.54) is 89.9 Å². The van der Waals surface area contributed by atoms with Crippen LogP contribution in [0.1, 0.15) is 149 Å². The summed E-state index contributed by atoms with van der Waals surface area (Å²) in [6.45, 7) is 7.70. The monoisotopic (exact) mass is 451 g/mol. The highest BCUT2D eigenvalue weighted by Gasteiger charge is 2.31. The van der Waals surface area contributed by atoms with Crippen molar-refractivity contribution in [2.24, 2.45) is 0 Å². The number of ether oxygens (including phenoxy) is 1. The number of unbranched alkanes of at least 4 members (excludes halogenated alkanes) is 14. The first-order valence-corrected chi connectivity index (χ1v) is 14.0. The lowest BCUT2D eigenvalue weighted by atomic mass is 9.91. The van der Waals surface area contributed by atoms with Crippen LogP contribution in [0.5, 0.6) is 0 Å². The third kappa shape index (κ3) is 14.2. The summed E-state index contributed by atoms with van der Waals surface area (Å²) in [5.74, 6) is 0.259. The van der Waals surface area contributed by atoms with E-state index in [9.17, 15) is 9.59 Å². The number of piperidine rings is 1. The Morgan fingerprint density at radius 2 is 1.09 bits per heavy atom. The summed E-state index contributed by atoms with van der Waals surface area (Å²) >= 11 is 0. The summed E-state index contributed by atoms with van der Waals surface area (Å²) < 4.78 is 6.11. The van der Waals surface area contributed by atoms with Crippen molar-refractivity contribution < 1.29 is 14.3 Å². The lowest BCUT2D eigenvalue weighted by Gasteiger charge is -2.34. The highest BCUT2D eigenvalue weighted by atomic mass is 16.6. The van der Waals surface area contributed by atoms with Gasteiger partial charge in [0, 0.05) is 25.9 Å². The molecule has 1 rings (SSSR count). The van der Waals surface area contributed by atoms with E-state index >= 15 is 0 Å². The van der Waals surface area contributed by atoms with Gasteiger partial charge in [0.05, 0.1) is 0 Å². The molecule has 1 aliphatic heterocycles. The number of carbonyl (C=O) groups excluding carboxylic acids is 2. The molecule has 1 saturated heterocycles. The minimum Gasteiger partial charge on any atom is -0.443 e. The van der Waals surface area contributed by atoms with Gasteiger partial charge in [-0.05, 0) is 32.6 Å². The van der Waals surface area contributed by atoms with Crippen LogP contribution < -0.4 is 0 Å². The van der Waals surface area contributed by atoms with Crippen LogP contribution in [0.15, 0.2) is 0 Å². The first-order valence-electron chi connectivity index (χ1n) is 14.0. The topological polar surface area (TPSA) is 46.6 Å². The van der Waals surface area contributed by atoms with Crippen LogP contribution in [0.3, 0.4) is 0 Å². The molecule has 0 aliphatic carbocycles. The largest absolute Gasteiger partial charge is 0.443 e. The van der Waals surface area contributed by atoms with Gasteiger partial charge in [0.1, 0.15) is 11.4 Å². The van der Waals surface area contributed by atoms with E-state index in [2.05, 4.69) is 20.8 Å². The van der Waals surface area contributed by atoms with Crippen LogP contribution in [0, 0.1) is 0 Å². The molecule has 188 valence electrons. The smallest absolute Gasteiger partial charge is 0.410 e. The normalized spacial score (nSPS) is 14.7. The van der Waals surface area contributed by atoms with Crippen molar-refractivity contribution >= 4 is 11.9 Å². The third-order valence-electron chi connectivity index (χ3n) is 7.03. The average Bonchev–Trinajstić information content (AvgIpc) is 2.78. The molecule has 4 heteroatoms. The van der Waals surface area contributed by atoms with E-state index in [-0.39, 0.29) is 17.5 Å². The van der Waals surface area contributed by atoms with Gasteiger partial charge < -0.3 is 9.64 Å². The molecule has 0 aromatic carbocycles. The van der Waals surface area contributed by atoms with E-state index in [4.69, 9.17) is 4.74 Å². The Kier molecular flexibility index (Phi) is 16.6. The van der Waals surface area contributed by atoms with Gasteiger partial charge in [-0.3, -0.25) is 4.79 Å². The number of hydrogen-bond acceptors (Lipinski definition) is 3. The molecule has 1 amide bonds. The van der Waals surface area contributed by atoms with Crippen LogP contribution in [0.2, 0.25) is 0 Å². The van der Waals surface area contributed by atoms with Gasteiger partial charge in [0.15, 0.2) is 0 Å². The molecule has 0 atom stereocenters. The number of hydrogen-bond donors (Lipinski definition) is 0. The Hall–Kier alpha value is -1.06. The van der Waals surface area contributed by atoms with E-state index in [0.29, 0.717) is 25.9 Å². The zero-order chi connectivity index (χ0) is 23.5. The second kappa shape index (κ2) is 18.4. The lowest BCUT2D eigenvalue weighted by Crippen LogP contribution is -2.43. The fraction of sp³-hybridized carbons (Fsp3) is 0.929. The van der Waals surface area contributed by atoms with Gasteiger partial charge in [-0.15, -0.1) is 0 Å². The number of Topliss-reactive ketones (excluding diaryl/α,β-unsaturated/α-hetero) is 1. The molecular formula is C28H53NO3. The molecule has 0 N–H and O–H groups in total. The maximum absolute atomic E-state index is 12.8. The fourth-order valence-electron chi connectivity index (χ4n) is 4.71. The van der Waals surface area contributed by atoms with Crippen molar-refractivity contribution in [2.75, 3.05) is 13.1 Å². The molecule has 1 aliphatic rings. The van der Waals surface area contributed by atoms with Gasteiger partial charge in [-0.2, -0.15) is 0 Å². The Bertz CT molecular complexity index is 461. The summed E-state index contributed by atoms with van der Waals surface area (Å²) in [5.41, 5.74) is -0.372. The molecule has 0 saturated carbocycles. The van der Waals surface area contributed by atoms with Gasteiger partial charge in [-0.1, -0.05) is 104 Å². The lowest BCUT2D eigenvalue weighted by molar-refractivity contribution is -0.121. The third-order valence-corrected chi connectivity index (χ3v) is 7.03. The van der Waals surface area contributed by atoms with Gasteiger partial charge in [0.2, 0.25) is 0 Å². The zero-order valence-corrected chi connectivity index (χ0v) is 21.7. The Morgan fingerprint density at radius 3 is 1.50 bits per heavy atom.